The summed E-state index contributed by atoms with van der Waals surface area (Å²) in [4.78, 5) is 2.29. The summed E-state index contributed by atoms with van der Waals surface area (Å²) in [7, 11) is 0. The summed E-state index contributed by atoms with van der Waals surface area (Å²) in [6, 6.07) is 10.7. The summed E-state index contributed by atoms with van der Waals surface area (Å²) in [6.45, 7) is 2.16. The molecule has 1 heterocycles. The second-order valence-corrected chi connectivity index (χ2v) is 5.13. The lowest BCUT2D eigenvalue weighted by Crippen LogP contribution is -2.33. The Hall–Kier alpha value is -0.850. The summed E-state index contributed by atoms with van der Waals surface area (Å²) in [6.07, 6.45) is 3.31. The molecule has 84 valence electrons. The molecule has 0 N–H and O–H groups in total. The Labute approximate surface area is 105 Å². The van der Waals surface area contributed by atoms with Gasteiger partial charge in [0.15, 0.2) is 0 Å². The van der Waals surface area contributed by atoms with E-state index >= 15 is 0 Å². The molecule has 0 spiro atoms. The molecule has 1 aliphatic rings. The molecular formula is C13H15BrN2. The maximum atomic E-state index is 9.20. The molecule has 1 saturated heterocycles. The topological polar surface area (TPSA) is 27.0 Å². The van der Waals surface area contributed by atoms with Gasteiger partial charge >= 0.3 is 0 Å². The van der Waals surface area contributed by atoms with Crippen LogP contribution in [-0.2, 0) is 6.42 Å². The van der Waals surface area contributed by atoms with Crippen molar-refractivity contribution < 1.29 is 0 Å². The predicted octanol–water partition coefficient (Wildman–Crippen LogP) is 2.98. The third kappa shape index (κ3) is 2.84. The van der Waals surface area contributed by atoms with Crippen molar-refractivity contribution in [2.45, 2.75) is 25.3 Å². The maximum absolute atomic E-state index is 9.20. The van der Waals surface area contributed by atoms with Gasteiger partial charge < -0.3 is 0 Å². The van der Waals surface area contributed by atoms with Gasteiger partial charge in [-0.3, -0.25) is 4.90 Å². The van der Waals surface area contributed by atoms with E-state index in [1.807, 2.05) is 12.1 Å². The highest BCUT2D eigenvalue weighted by molar-refractivity contribution is 9.10. The molecule has 1 aromatic rings. The Morgan fingerprint density at radius 3 is 2.44 bits per heavy atom. The molecule has 1 aliphatic heterocycles. The molecule has 0 bridgehead atoms. The quantitative estimate of drug-likeness (QED) is 0.850. The van der Waals surface area contributed by atoms with Crippen molar-refractivity contribution in [1.29, 1.82) is 5.26 Å². The van der Waals surface area contributed by atoms with Gasteiger partial charge in [-0.05, 0) is 43.6 Å². The molecule has 1 fully saturated rings. The molecule has 3 heteroatoms. The first kappa shape index (κ1) is 11.6. The minimum absolute atomic E-state index is 0.0451. The van der Waals surface area contributed by atoms with Crippen molar-refractivity contribution in [3.63, 3.8) is 0 Å². The molecular weight excluding hydrogens is 264 g/mol. The number of rotatable bonds is 3. The monoisotopic (exact) mass is 278 g/mol. The van der Waals surface area contributed by atoms with E-state index in [1.165, 1.54) is 18.4 Å². The Kier molecular flexibility index (Phi) is 3.98. The molecule has 2 nitrogen and oxygen atoms in total. The lowest BCUT2D eigenvalue weighted by Gasteiger charge is -2.21. The second-order valence-electron chi connectivity index (χ2n) is 4.22. The van der Waals surface area contributed by atoms with Gasteiger partial charge in [-0.25, -0.2) is 0 Å². The lowest BCUT2D eigenvalue weighted by atomic mass is 10.1. The van der Waals surface area contributed by atoms with E-state index in [4.69, 9.17) is 0 Å². The van der Waals surface area contributed by atoms with Gasteiger partial charge in [0, 0.05) is 10.9 Å². The number of hydrogen-bond donors (Lipinski definition) is 0. The molecule has 0 saturated carbocycles. The second kappa shape index (κ2) is 5.47. The SMILES string of the molecule is N#CC(Cc1ccc(Br)cc1)N1CCCC1. The number of nitriles is 1. The summed E-state index contributed by atoms with van der Waals surface area (Å²) < 4.78 is 1.09. The summed E-state index contributed by atoms with van der Waals surface area (Å²) >= 11 is 3.42. The van der Waals surface area contributed by atoms with E-state index in [0.29, 0.717) is 0 Å². The van der Waals surface area contributed by atoms with Crippen molar-refractivity contribution in [3.05, 3.63) is 34.3 Å². The van der Waals surface area contributed by atoms with Crippen LogP contribution >= 0.6 is 15.9 Å². The van der Waals surface area contributed by atoms with Crippen LogP contribution in [0.5, 0.6) is 0 Å². The van der Waals surface area contributed by atoms with Crippen molar-refractivity contribution >= 4 is 15.9 Å². The van der Waals surface area contributed by atoms with E-state index in [2.05, 4.69) is 39.0 Å². The number of likely N-dealkylation sites (tertiary alicyclic amines) is 1. The van der Waals surface area contributed by atoms with Crippen molar-refractivity contribution in [2.24, 2.45) is 0 Å². The van der Waals surface area contributed by atoms with Gasteiger partial charge in [0.2, 0.25) is 0 Å². The first-order chi connectivity index (χ1) is 7.79. The Bertz CT molecular complexity index is 374. The molecule has 1 unspecified atom stereocenters. The highest BCUT2D eigenvalue weighted by Gasteiger charge is 2.21. The predicted molar refractivity (Wildman–Crippen MR) is 68.1 cm³/mol. The summed E-state index contributed by atoms with van der Waals surface area (Å²) in [5.74, 6) is 0. The third-order valence-corrected chi connectivity index (χ3v) is 3.60. The number of nitrogens with zero attached hydrogens (tertiary/aromatic N) is 2. The fourth-order valence-corrected chi connectivity index (χ4v) is 2.42. The van der Waals surface area contributed by atoms with E-state index in [0.717, 1.165) is 24.0 Å². The third-order valence-electron chi connectivity index (χ3n) is 3.07. The van der Waals surface area contributed by atoms with Crippen LogP contribution in [0.4, 0.5) is 0 Å². The minimum atomic E-state index is 0.0451. The van der Waals surface area contributed by atoms with Crippen LogP contribution in [0.15, 0.2) is 28.7 Å². The van der Waals surface area contributed by atoms with Crippen LogP contribution in [0.2, 0.25) is 0 Å². The lowest BCUT2D eigenvalue weighted by molar-refractivity contribution is 0.288. The number of benzene rings is 1. The van der Waals surface area contributed by atoms with E-state index in [-0.39, 0.29) is 6.04 Å². The first-order valence-corrected chi connectivity index (χ1v) is 6.47. The van der Waals surface area contributed by atoms with Crippen LogP contribution in [0, 0.1) is 11.3 Å². The number of halogens is 1. The van der Waals surface area contributed by atoms with Crippen LogP contribution in [-0.4, -0.2) is 24.0 Å². The number of hydrogen-bond acceptors (Lipinski definition) is 2. The van der Waals surface area contributed by atoms with Crippen LogP contribution in [0.25, 0.3) is 0 Å². The van der Waals surface area contributed by atoms with Crippen LogP contribution in [0.1, 0.15) is 18.4 Å². The van der Waals surface area contributed by atoms with Crippen molar-refractivity contribution in [2.75, 3.05) is 13.1 Å². The molecule has 0 amide bonds. The smallest absolute Gasteiger partial charge is 0.102 e. The highest BCUT2D eigenvalue weighted by Crippen LogP contribution is 2.17. The highest BCUT2D eigenvalue weighted by atomic mass is 79.9. The molecule has 1 aromatic carbocycles. The van der Waals surface area contributed by atoms with Crippen molar-refractivity contribution in [1.82, 2.24) is 4.90 Å². The van der Waals surface area contributed by atoms with Gasteiger partial charge in [0.05, 0.1) is 6.07 Å². The van der Waals surface area contributed by atoms with Gasteiger partial charge in [-0.15, -0.1) is 0 Å². The fraction of sp³-hybridized carbons (Fsp3) is 0.462. The van der Waals surface area contributed by atoms with Crippen molar-refractivity contribution in [3.8, 4) is 6.07 Å². The Balaban J connectivity index is 2.01. The van der Waals surface area contributed by atoms with Crippen LogP contribution in [0.3, 0.4) is 0 Å². The molecule has 0 aromatic heterocycles. The largest absolute Gasteiger partial charge is 0.288 e. The molecule has 1 atom stereocenters. The average Bonchev–Trinajstić information content (AvgIpc) is 2.82. The molecule has 2 rings (SSSR count). The van der Waals surface area contributed by atoms with E-state index in [1.54, 1.807) is 0 Å². The summed E-state index contributed by atoms with van der Waals surface area (Å²) in [5, 5.41) is 9.20. The summed E-state index contributed by atoms with van der Waals surface area (Å²) in [5.41, 5.74) is 1.24. The Morgan fingerprint density at radius 2 is 1.88 bits per heavy atom. The zero-order valence-corrected chi connectivity index (χ0v) is 10.8. The fourth-order valence-electron chi connectivity index (χ4n) is 2.15. The molecule has 0 radical (unpaired) electrons. The van der Waals surface area contributed by atoms with E-state index < -0.39 is 0 Å². The molecule has 16 heavy (non-hydrogen) atoms. The first-order valence-electron chi connectivity index (χ1n) is 5.68. The Morgan fingerprint density at radius 1 is 1.25 bits per heavy atom. The van der Waals surface area contributed by atoms with Gasteiger partial charge in [0.25, 0.3) is 0 Å². The van der Waals surface area contributed by atoms with E-state index in [9.17, 15) is 5.26 Å². The standard InChI is InChI=1S/C13H15BrN2/c14-12-5-3-11(4-6-12)9-13(10-15)16-7-1-2-8-16/h3-6,13H,1-2,7-9H2. The van der Waals surface area contributed by atoms with Gasteiger partial charge in [-0.2, -0.15) is 5.26 Å². The van der Waals surface area contributed by atoms with Gasteiger partial charge in [0.1, 0.15) is 6.04 Å². The minimum Gasteiger partial charge on any atom is -0.288 e. The zero-order chi connectivity index (χ0) is 11.4. The zero-order valence-electron chi connectivity index (χ0n) is 9.19. The average molecular weight is 279 g/mol. The van der Waals surface area contributed by atoms with Crippen LogP contribution < -0.4 is 0 Å². The van der Waals surface area contributed by atoms with Gasteiger partial charge in [-0.1, -0.05) is 28.1 Å². The normalized spacial score (nSPS) is 18.2. The maximum Gasteiger partial charge on any atom is 0.102 e. The molecule has 0 aliphatic carbocycles.